The van der Waals surface area contributed by atoms with E-state index in [0.29, 0.717) is 6.42 Å². The first-order valence-electron chi connectivity index (χ1n) is 4.10. The third-order valence-corrected chi connectivity index (χ3v) is 1.73. The van der Waals surface area contributed by atoms with E-state index in [1.165, 1.54) is 6.08 Å². The van der Waals surface area contributed by atoms with Crippen LogP contribution in [0.15, 0.2) is 30.3 Å². The molecule has 0 unspecified atom stereocenters. The van der Waals surface area contributed by atoms with Crippen molar-refractivity contribution in [3.05, 3.63) is 41.5 Å². The monoisotopic (exact) mass is 187 g/mol. The molecule has 14 heavy (non-hydrogen) atoms. The summed E-state index contributed by atoms with van der Waals surface area (Å²) in [4.78, 5) is 10.3. The number of carbonyl (C=O) groups is 1. The molecule has 1 aromatic carbocycles. The van der Waals surface area contributed by atoms with Crippen LogP contribution in [0.5, 0.6) is 0 Å². The summed E-state index contributed by atoms with van der Waals surface area (Å²) in [7, 11) is 0. The van der Waals surface area contributed by atoms with Gasteiger partial charge in [0.2, 0.25) is 0 Å². The van der Waals surface area contributed by atoms with E-state index in [1.54, 1.807) is 6.07 Å². The fourth-order valence-electron chi connectivity index (χ4n) is 1.10. The Hall–Kier alpha value is -2.08. The fraction of sp³-hybridized carbons (Fsp3) is 0.0909. The van der Waals surface area contributed by atoms with Crippen LogP contribution in [0.3, 0.4) is 0 Å². The molecular formula is C11H9NO2. The summed E-state index contributed by atoms with van der Waals surface area (Å²) in [5, 5.41) is 17.0. The number of carboxylic acid groups (broad SMARTS) is 1. The number of aliphatic carboxylic acids is 1. The molecule has 1 N–H and O–H groups in total. The lowest BCUT2D eigenvalue weighted by molar-refractivity contribution is -0.131. The lowest BCUT2D eigenvalue weighted by Crippen LogP contribution is -1.89. The van der Waals surface area contributed by atoms with Crippen LogP contribution in [0.25, 0.3) is 6.08 Å². The van der Waals surface area contributed by atoms with Gasteiger partial charge in [-0.3, -0.25) is 0 Å². The lowest BCUT2D eigenvalue weighted by Gasteiger charge is -1.99. The van der Waals surface area contributed by atoms with Gasteiger partial charge in [-0.25, -0.2) is 4.79 Å². The molecule has 1 aromatic rings. The highest BCUT2D eigenvalue weighted by atomic mass is 16.4. The zero-order chi connectivity index (χ0) is 10.4. The van der Waals surface area contributed by atoms with E-state index in [1.807, 2.05) is 24.3 Å². The van der Waals surface area contributed by atoms with Crippen LogP contribution in [-0.2, 0) is 11.2 Å². The van der Waals surface area contributed by atoms with Crippen molar-refractivity contribution in [3.8, 4) is 6.07 Å². The van der Waals surface area contributed by atoms with E-state index in [4.69, 9.17) is 10.4 Å². The fourth-order valence-corrected chi connectivity index (χ4v) is 1.10. The summed E-state index contributed by atoms with van der Waals surface area (Å²) in [6.45, 7) is 0. The Balaban J connectivity index is 2.96. The molecule has 0 amide bonds. The minimum absolute atomic E-state index is 0.292. The van der Waals surface area contributed by atoms with E-state index in [2.05, 4.69) is 0 Å². The molecule has 0 radical (unpaired) electrons. The molecule has 0 heterocycles. The van der Waals surface area contributed by atoms with E-state index in [0.717, 1.165) is 17.2 Å². The second-order valence-corrected chi connectivity index (χ2v) is 2.71. The summed E-state index contributed by atoms with van der Waals surface area (Å²) in [6, 6.07) is 9.26. The maximum absolute atomic E-state index is 10.3. The van der Waals surface area contributed by atoms with Crippen LogP contribution < -0.4 is 0 Å². The average Bonchev–Trinajstić information content (AvgIpc) is 2.17. The van der Waals surface area contributed by atoms with Gasteiger partial charge >= 0.3 is 5.97 Å². The number of hydrogen-bond acceptors (Lipinski definition) is 2. The van der Waals surface area contributed by atoms with Gasteiger partial charge in [-0.15, -0.1) is 0 Å². The highest BCUT2D eigenvalue weighted by molar-refractivity contribution is 5.85. The van der Waals surface area contributed by atoms with Gasteiger partial charge in [0.05, 0.1) is 12.5 Å². The lowest BCUT2D eigenvalue weighted by atomic mass is 10.0. The molecular weight excluding hydrogens is 178 g/mol. The molecule has 0 aliphatic rings. The first-order valence-corrected chi connectivity index (χ1v) is 4.10. The third-order valence-electron chi connectivity index (χ3n) is 1.73. The Morgan fingerprint density at radius 1 is 1.50 bits per heavy atom. The molecule has 0 atom stereocenters. The highest BCUT2D eigenvalue weighted by Crippen LogP contribution is 2.10. The van der Waals surface area contributed by atoms with Gasteiger partial charge in [-0.2, -0.15) is 5.26 Å². The van der Waals surface area contributed by atoms with Gasteiger partial charge in [0.1, 0.15) is 0 Å². The van der Waals surface area contributed by atoms with Gasteiger partial charge in [0.25, 0.3) is 0 Å². The molecule has 0 aromatic heterocycles. The topological polar surface area (TPSA) is 61.1 Å². The zero-order valence-electron chi connectivity index (χ0n) is 7.47. The molecule has 70 valence electrons. The Kier molecular flexibility index (Phi) is 3.45. The van der Waals surface area contributed by atoms with Crippen LogP contribution in [0, 0.1) is 11.3 Å². The van der Waals surface area contributed by atoms with Gasteiger partial charge in [0.15, 0.2) is 0 Å². The second kappa shape index (κ2) is 4.83. The quantitative estimate of drug-likeness (QED) is 0.734. The summed E-state index contributed by atoms with van der Waals surface area (Å²) in [6.07, 6.45) is 2.85. The first kappa shape index (κ1) is 10.0. The van der Waals surface area contributed by atoms with Crippen LogP contribution in [0.1, 0.15) is 11.1 Å². The first-order chi connectivity index (χ1) is 6.74. The number of carboxylic acids is 1. The van der Waals surface area contributed by atoms with Crippen molar-refractivity contribution in [1.29, 1.82) is 5.26 Å². The third kappa shape index (κ3) is 2.76. The van der Waals surface area contributed by atoms with Crippen molar-refractivity contribution in [1.82, 2.24) is 0 Å². The van der Waals surface area contributed by atoms with Gasteiger partial charge < -0.3 is 5.11 Å². The normalized spacial score (nSPS) is 9.93. The predicted octanol–water partition coefficient (Wildman–Crippen LogP) is 1.85. The molecule has 0 saturated heterocycles. The molecule has 0 saturated carbocycles. The van der Waals surface area contributed by atoms with Gasteiger partial charge in [-0.05, 0) is 17.2 Å². The molecule has 3 nitrogen and oxygen atoms in total. The predicted molar refractivity (Wildman–Crippen MR) is 52.4 cm³/mol. The van der Waals surface area contributed by atoms with Gasteiger partial charge in [0, 0.05) is 6.08 Å². The molecule has 1 rings (SSSR count). The van der Waals surface area contributed by atoms with Crippen molar-refractivity contribution in [2.24, 2.45) is 0 Å². The van der Waals surface area contributed by atoms with E-state index in [-0.39, 0.29) is 0 Å². The van der Waals surface area contributed by atoms with E-state index in [9.17, 15) is 4.79 Å². The van der Waals surface area contributed by atoms with Crippen molar-refractivity contribution < 1.29 is 9.90 Å². The van der Waals surface area contributed by atoms with Crippen molar-refractivity contribution in [2.75, 3.05) is 0 Å². The van der Waals surface area contributed by atoms with Crippen molar-refractivity contribution in [3.63, 3.8) is 0 Å². The molecule has 0 fully saturated rings. The standard InChI is InChI=1S/C11H9NO2/c12-8-7-10-4-2-1-3-9(10)5-6-11(13)14/h1-6H,7H2,(H,13,14)/b6-5+. The summed E-state index contributed by atoms with van der Waals surface area (Å²) in [5.74, 6) is -0.989. The second-order valence-electron chi connectivity index (χ2n) is 2.71. The van der Waals surface area contributed by atoms with E-state index >= 15 is 0 Å². The van der Waals surface area contributed by atoms with Crippen LogP contribution in [0.4, 0.5) is 0 Å². The zero-order valence-corrected chi connectivity index (χ0v) is 7.47. The number of benzene rings is 1. The number of nitriles is 1. The number of hydrogen-bond donors (Lipinski definition) is 1. The van der Waals surface area contributed by atoms with Crippen molar-refractivity contribution >= 4 is 12.0 Å². The largest absolute Gasteiger partial charge is 0.478 e. The van der Waals surface area contributed by atoms with Crippen LogP contribution in [-0.4, -0.2) is 11.1 Å². The Morgan fingerprint density at radius 3 is 2.86 bits per heavy atom. The van der Waals surface area contributed by atoms with E-state index < -0.39 is 5.97 Å². The maximum Gasteiger partial charge on any atom is 0.328 e. The summed E-state index contributed by atoms with van der Waals surface area (Å²) in [5.41, 5.74) is 1.61. The molecule has 0 aliphatic carbocycles. The SMILES string of the molecule is N#CCc1ccccc1/C=C/C(=O)O. The van der Waals surface area contributed by atoms with Crippen molar-refractivity contribution in [2.45, 2.75) is 6.42 Å². The van der Waals surface area contributed by atoms with Crippen LogP contribution in [0.2, 0.25) is 0 Å². The molecule has 0 spiro atoms. The smallest absolute Gasteiger partial charge is 0.328 e. The molecule has 3 heteroatoms. The number of rotatable bonds is 3. The minimum atomic E-state index is -0.989. The Morgan fingerprint density at radius 2 is 2.21 bits per heavy atom. The summed E-state index contributed by atoms with van der Waals surface area (Å²) >= 11 is 0. The Labute approximate surface area is 81.9 Å². The van der Waals surface area contributed by atoms with Crippen LogP contribution >= 0.6 is 0 Å². The summed E-state index contributed by atoms with van der Waals surface area (Å²) < 4.78 is 0. The highest BCUT2D eigenvalue weighted by Gasteiger charge is 1.97. The maximum atomic E-state index is 10.3. The number of nitrogens with zero attached hydrogens (tertiary/aromatic N) is 1. The molecule has 0 aliphatic heterocycles. The Bertz CT molecular complexity index is 402. The average molecular weight is 187 g/mol. The minimum Gasteiger partial charge on any atom is -0.478 e. The van der Waals surface area contributed by atoms with Gasteiger partial charge in [-0.1, -0.05) is 24.3 Å². The molecule has 0 bridgehead atoms.